The molecule has 2 heterocycles. The number of likely N-dealkylation sites (N-methyl/N-ethyl adjacent to an activating group) is 1. The molecule has 1 unspecified atom stereocenters. The molecule has 2 aromatic carbocycles. The number of anilines is 2. The van der Waals surface area contributed by atoms with Crippen LogP contribution in [0, 0.1) is 0 Å². The first-order valence-electron chi connectivity index (χ1n) is 12.5. The molecule has 2 aromatic rings. The third-order valence-corrected chi connectivity index (χ3v) is 7.13. The summed E-state index contributed by atoms with van der Waals surface area (Å²) in [6, 6.07) is 11.7. The van der Waals surface area contributed by atoms with Crippen molar-refractivity contribution in [3.63, 3.8) is 0 Å². The summed E-state index contributed by atoms with van der Waals surface area (Å²) in [5, 5.41) is 5.52. The molecule has 2 aliphatic heterocycles. The number of carbonyl (C=O) groups is 2. The van der Waals surface area contributed by atoms with E-state index < -0.39 is 11.8 Å². The first-order valence-corrected chi connectivity index (χ1v) is 12.5. The molecule has 2 amide bonds. The number of aryl methyl sites for hydroxylation is 1. The molecule has 0 spiro atoms. The minimum Gasteiger partial charge on any atom is -0.497 e. The number of ether oxygens (including phenoxy) is 2. The van der Waals surface area contributed by atoms with Crippen molar-refractivity contribution in [1.29, 1.82) is 0 Å². The highest BCUT2D eigenvalue weighted by Crippen LogP contribution is 2.31. The molecule has 1 fully saturated rings. The number of nitrogens with zero attached hydrogens (tertiary/aromatic N) is 3. The fraction of sp³-hybridized carbons (Fsp3) is 0.481. The monoisotopic (exact) mass is 495 g/mol. The van der Waals surface area contributed by atoms with Gasteiger partial charge in [-0.2, -0.15) is 0 Å². The second-order valence-electron chi connectivity index (χ2n) is 9.50. The molecule has 4 rings (SSSR count). The van der Waals surface area contributed by atoms with Crippen molar-refractivity contribution in [2.24, 2.45) is 0 Å². The predicted molar refractivity (Wildman–Crippen MR) is 141 cm³/mol. The van der Waals surface area contributed by atoms with Crippen LogP contribution in [0.5, 0.6) is 11.5 Å². The lowest BCUT2D eigenvalue weighted by Gasteiger charge is -2.39. The predicted octanol–water partition coefficient (Wildman–Crippen LogP) is 2.13. The number of hydrogen-bond donors (Lipinski definition) is 2. The van der Waals surface area contributed by atoms with Gasteiger partial charge in [-0.3, -0.25) is 14.5 Å². The standard InChI is InChI=1S/C27H37N5O4/c1-30-12-14-32(15-13-30)24(20-7-9-23-19(16-20)6-5-11-31(23)2)18-28-26(33)27(34)29-22-17-21(35-3)8-10-25(22)36-4/h7-10,16-17,24H,5-6,11-15,18H2,1-4H3,(H,28,33)(H,29,34). The highest BCUT2D eigenvalue weighted by Gasteiger charge is 2.27. The highest BCUT2D eigenvalue weighted by atomic mass is 16.5. The van der Waals surface area contributed by atoms with Crippen LogP contribution < -0.4 is 25.0 Å². The van der Waals surface area contributed by atoms with Gasteiger partial charge in [-0.1, -0.05) is 12.1 Å². The van der Waals surface area contributed by atoms with Gasteiger partial charge in [0.2, 0.25) is 0 Å². The van der Waals surface area contributed by atoms with Crippen LogP contribution >= 0.6 is 0 Å². The van der Waals surface area contributed by atoms with Crippen molar-refractivity contribution in [1.82, 2.24) is 15.1 Å². The molecule has 9 nitrogen and oxygen atoms in total. The lowest BCUT2D eigenvalue weighted by Crippen LogP contribution is -2.49. The number of carbonyl (C=O) groups excluding carboxylic acids is 2. The van der Waals surface area contributed by atoms with Gasteiger partial charge in [0, 0.05) is 58.1 Å². The van der Waals surface area contributed by atoms with Gasteiger partial charge in [-0.05, 0) is 49.2 Å². The molecule has 36 heavy (non-hydrogen) atoms. The molecular formula is C27H37N5O4. The van der Waals surface area contributed by atoms with Gasteiger partial charge < -0.3 is 29.9 Å². The van der Waals surface area contributed by atoms with Gasteiger partial charge in [0.1, 0.15) is 11.5 Å². The summed E-state index contributed by atoms with van der Waals surface area (Å²) in [5.74, 6) is -0.423. The van der Waals surface area contributed by atoms with E-state index in [1.165, 1.54) is 31.0 Å². The summed E-state index contributed by atoms with van der Waals surface area (Å²) < 4.78 is 10.5. The normalized spacial score (nSPS) is 17.2. The zero-order valence-corrected chi connectivity index (χ0v) is 21.7. The molecule has 0 radical (unpaired) electrons. The zero-order chi connectivity index (χ0) is 25.7. The van der Waals surface area contributed by atoms with Crippen LogP contribution in [0.15, 0.2) is 36.4 Å². The van der Waals surface area contributed by atoms with E-state index >= 15 is 0 Å². The van der Waals surface area contributed by atoms with Gasteiger partial charge in [0.05, 0.1) is 25.9 Å². The topological polar surface area (TPSA) is 86.4 Å². The Hall–Kier alpha value is -3.30. The minimum absolute atomic E-state index is 0.0145. The average Bonchev–Trinajstić information content (AvgIpc) is 2.89. The Kier molecular flexibility index (Phi) is 8.32. The number of benzene rings is 2. The van der Waals surface area contributed by atoms with Crippen molar-refractivity contribution < 1.29 is 19.1 Å². The molecule has 9 heteroatoms. The largest absolute Gasteiger partial charge is 0.497 e. The van der Waals surface area contributed by atoms with Crippen molar-refractivity contribution in [2.45, 2.75) is 18.9 Å². The maximum atomic E-state index is 12.8. The van der Waals surface area contributed by atoms with Crippen LogP contribution in [-0.4, -0.2) is 89.2 Å². The maximum Gasteiger partial charge on any atom is 0.313 e. The summed E-state index contributed by atoms with van der Waals surface area (Å²) in [5.41, 5.74) is 4.17. The number of nitrogens with one attached hydrogen (secondary N) is 2. The second kappa shape index (κ2) is 11.6. The number of amides is 2. The van der Waals surface area contributed by atoms with Crippen molar-refractivity contribution in [3.05, 3.63) is 47.5 Å². The summed E-state index contributed by atoms with van der Waals surface area (Å²) in [6.07, 6.45) is 2.19. The smallest absolute Gasteiger partial charge is 0.313 e. The summed E-state index contributed by atoms with van der Waals surface area (Å²) >= 11 is 0. The van der Waals surface area contributed by atoms with Crippen molar-refractivity contribution in [2.75, 3.05) is 77.8 Å². The van der Waals surface area contributed by atoms with Crippen LogP contribution in [0.4, 0.5) is 11.4 Å². The van der Waals surface area contributed by atoms with E-state index in [2.05, 4.69) is 57.6 Å². The molecule has 1 atom stereocenters. The third kappa shape index (κ3) is 5.91. The number of fused-ring (bicyclic) bond motifs is 1. The number of methoxy groups -OCH3 is 2. The number of rotatable bonds is 7. The summed E-state index contributed by atoms with van der Waals surface area (Å²) in [4.78, 5) is 32.6. The number of piperazine rings is 1. The van der Waals surface area contributed by atoms with Gasteiger partial charge in [-0.25, -0.2) is 0 Å². The molecule has 0 saturated carbocycles. The van der Waals surface area contributed by atoms with Crippen molar-refractivity contribution in [3.8, 4) is 11.5 Å². The Bertz CT molecular complexity index is 1080. The maximum absolute atomic E-state index is 12.8. The van der Waals surface area contributed by atoms with Gasteiger partial charge in [0.15, 0.2) is 0 Å². The highest BCUT2D eigenvalue weighted by molar-refractivity contribution is 6.39. The Balaban J connectivity index is 1.48. The quantitative estimate of drug-likeness (QED) is 0.569. The Morgan fingerprint density at radius 2 is 1.72 bits per heavy atom. The van der Waals surface area contributed by atoms with Crippen LogP contribution in [-0.2, 0) is 16.0 Å². The lowest BCUT2D eigenvalue weighted by atomic mass is 9.95. The Morgan fingerprint density at radius 3 is 2.44 bits per heavy atom. The van der Waals surface area contributed by atoms with E-state index in [0.717, 1.165) is 45.6 Å². The lowest BCUT2D eigenvalue weighted by molar-refractivity contribution is -0.136. The van der Waals surface area contributed by atoms with Gasteiger partial charge in [-0.15, -0.1) is 0 Å². The van der Waals surface area contributed by atoms with Crippen molar-refractivity contribution >= 4 is 23.2 Å². The Labute approximate surface area is 213 Å². The molecule has 2 aliphatic rings. The summed E-state index contributed by atoms with van der Waals surface area (Å²) in [6.45, 7) is 5.16. The van der Waals surface area contributed by atoms with Gasteiger partial charge in [0.25, 0.3) is 0 Å². The fourth-order valence-corrected chi connectivity index (χ4v) is 4.96. The minimum atomic E-state index is -0.745. The van der Waals surface area contributed by atoms with Gasteiger partial charge >= 0.3 is 11.8 Å². The Morgan fingerprint density at radius 1 is 0.944 bits per heavy atom. The molecule has 0 aliphatic carbocycles. The van der Waals surface area contributed by atoms with E-state index in [1.807, 2.05) is 0 Å². The second-order valence-corrected chi connectivity index (χ2v) is 9.50. The fourth-order valence-electron chi connectivity index (χ4n) is 4.96. The average molecular weight is 496 g/mol. The molecule has 2 N–H and O–H groups in total. The molecular weight excluding hydrogens is 458 g/mol. The first-order chi connectivity index (χ1) is 17.4. The van der Waals surface area contributed by atoms with E-state index in [-0.39, 0.29) is 6.04 Å². The SMILES string of the molecule is COc1ccc(OC)c(NC(=O)C(=O)NCC(c2ccc3c(c2)CCCN3C)N2CCN(C)CC2)c1. The molecule has 0 bridgehead atoms. The molecule has 194 valence electrons. The zero-order valence-electron chi connectivity index (χ0n) is 21.7. The first kappa shape index (κ1) is 25.8. The van der Waals surface area contributed by atoms with Crippen LogP contribution in [0.25, 0.3) is 0 Å². The van der Waals surface area contributed by atoms with E-state index in [4.69, 9.17) is 9.47 Å². The number of hydrogen-bond acceptors (Lipinski definition) is 7. The van der Waals surface area contributed by atoms with Crippen LogP contribution in [0.1, 0.15) is 23.6 Å². The molecule has 1 saturated heterocycles. The van der Waals surface area contributed by atoms with E-state index in [0.29, 0.717) is 23.7 Å². The van der Waals surface area contributed by atoms with Crippen LogP contribution in [0.2, 0.25) is 0 Å². The molecule has 0 aromatic heterocycles. The van der Waals surface area contributed by atoms with Crippen LogP contribution in [0.3, 0.4) is 0 Å². The summed E-state index contributed by atoms with van der Waals surface area (Å²) in [7, 11) is 7.30. The van der Waals surface area contributed by atoms with E-state index in [9.17, 15) is 9.59 Å². The van der Waals surface area contributed by atoms with E-state index in [1.54, 1.807) is 18.2 Å². The third-order valence-electron chi connectivity index (χ3n) is 7.13.